The van der Waals surface area contributed by atoms with Crippen molar-refractivity contribution in [2.45, 2.75) is 46.6 Å². The van der Waals surface area contributed by atoms with Gasteiger partial charge < -0.3 is 10.6 Å². The predicted octanol–water partition coefficient (Wildman–Crippen LogP) is 2.04. The highest BCUT2D eigenvalue weighted by atomic mass is 35.5. The fourth-order valence-electron chi connectivity index (χ4n) is 1.93. The molecule has 1 saturated heterocycles. The summed E-state index contributed by atoms with van der Waals surface area (Å²) < 4.78 is 0. The van der Waals surface area contributed by atoms with Gasteiger partial charge in [-0.2, -0.15) is 0 Å². The van der Waals surface area contributed by atoms with Gasteiger partial charge in [0.15, 0.2) is 0 Å². The first-order chi connectivity index (χ1) is 6.86. The standard InChI is InChI=1S/C12H24N2O.ClH/c1-5-9-6-7-14(8-9)11(15)10(13)12(2,3)4;/h9-10H,5-8,13H2,1-4H3;1H/t9?,10-;/m1./s1. The van der Waals surface area contributed by atoms with E-state index < -0.39 is 0 Å². The van der Waals surface area contributed by atoms with E-state index in [1.165, 1.54) is 0 Å². The summed E-state index contributed by atoms with van der Waals surface area (Å²) in [4.78, 5) is 14.0. The lowest BCUT2D eigenvalue weighted by molar-refractivity contribution is -0.134. The second-order valence-electron chi connectivity index (χ2n) is 5.69. The Kier molecular flexibility index (Phi) is 5.77. The van der Waals surface area contributed by atoms with Crippen molar-refractivity contribution in [3.8, 4) is 0 Å². The molecular formula is C12H25ClN2O. The van der Waals surface area contributed by atoms with Crippen LogP contribution in [0.3, 0.4) is 0 Å². The van der Waals surface area contributed by atoms with E-state index in [1.54, 1.807) is 0 Å². The molecule has 3 nitrogen and oxygen atoms in total. The molecule has 0 aromatic rings. The molecule has 0 bridgehead atoms. The number of likely N-dealkylation sites (tertiary alicyclic amines) is 1. The minimum Gasteiger partial charge on any atom is -0.341 e. The number of nitrogens with zero attached hydrogens (tertiary/aromatic N) is 1. The predicted molar refractivity (Wildman–Crippen MR) is 69.7 cm³/mol. The van der Waals surface area contributed by atoms with Crippen LogP contribution in [0.4, 0.5) is 0 Å². The Balaban J connectivity index is 0.00000225. The first kappa shape index (κ1) is 15.7. The Morgan fingerprint density at radius 3 is 2.44 bits per heavy atom. The number of nitrogens with two attached hydrogens (primary N) is 1. The van der Waals surface area contributed by atoms with Gasteiger partial charge in [-0.05, 0) is 17.8 Å². The molecule has 1 rings (SSSR count). The van der Waals surface area contributed by atoms with Gasteiger partial charge in [-0.25, -0.2) is 0 Å². The summed E-state index contributed by atoms with van der Waals surface area (Å²) in [5, 5.41) is 0. The molecule has 1 aliphatic heterocycles. The van der Waals surface area contributed by atoms with Gasteiger partial charge in [-0.3, -0.25) is 4.79 Å². The average Bonchev–Trinajstić information content (AvgIpc) is 2.62. The van der Waals surface area contributed by atoms with Crippen molar-refractivity contribution < 1.29 is 4.79 Å². The van der Waals surface area contributed by atoms with E-state index in [0.717, 1.165) is 25.9 Å². The molecule has 1 aliphatic rings. The zero-order valence-electron chi connectivity index (χ0n) is 10.8. The third kappa shape index (κ3) is 3.63. The SMILES string of the molecule is CCC1CCN(C(=O)[C@@H](N)C(C)(C)C)C1.Cl. The van der Waals surface area contributed by atoms with Gasteiger partial charge in [-0.1, -0.05) is 34.1 Å². The van der Waals surface area contributed by atoms with Crippen molar-refractivity contribution in [3.05, 3.63) is 0 Å². The molecule has 0 aliphatic carbocycles. The highest BCUT2D eigenvalue weighted by Crippen LogP contribution is 2.24. The molecule has 1 unspecified atom stereocenters. The minimum absolute atomic E-state index is 0. The highest BCUT2D eigenvalue weighted by molar-refractivity contribution is 5.85. The number of amides is 1. The Morgan fingerprint density at radius 1 is 1.50 bits per heavy atom. The Hall–Kier alpha value is -0.280. The van der Waals surface area contributed by atoms with Crippen LogP contribution in [0.5, 0.6) is 0 Å². The van der Waals surface area contributed by atoms with Crippen molar-refractivity contribution in [2.24, 2.45) is 17.1 Å². The molecule has 1 fully saturated rings. The molecule has 2 atom stereocenters. The number of carbonyl (C=O) groups is 1. The van der Waals surface area contributed by atoms with Crippen LogP contribution in [0.1, 0.15) is 40.5 Å². The maximum Gasteiger partial charge on any atom is 0.240 e. The van der Waals surface area contributed by atoms with Gasteiger partial charge in [0.05, 0.1) is 6.04 Å². The van der Waals surface area contributed by atoms with Gasteiger partial charge in [-0.15, -0.1) is 12.4 Å². The molecule has 16 heavy (non-hydrogen) atoms. The summed E-state index contributed by atoms with van der Waals surface area (Å²) in [6.45, 7) is 10.0. The first-order valence-electron chi connectivity index (χ1n) is 5.90. The van der Waals surface area contributed by atoms with Gasteiger partial charge in [0.25, 0.3) is 0 Å². The second-order valence-corrected chi connectivity index (χ2v) is 5.69. The number of halogens is 1. The molecule has 96 valence electrons. The topological polar surface area (TPSA) is 46.3 Å². The summed E-state index contributed by atoms with van der Waals surface area (Å²) in [7, 11) is 0. The molecule has 0 spiro atoms. The molecule has 4 heteroatoms. The monoisotopic (exact) mass is 248 g/mol. The normalized spacial score (nSPS) is 22.8. The lowest BCUT2D eigenvalue weighted by Gasteiger charge is -2.29. The average molecular weight is 249 g/mol. The molecule has 1 heterocycles. The van der Waals surface area contributed by atoms with E-state index in [9.17, 15) is 4.79 Å². The van der Waals surface area contributed by atoms with Crippen LogP contribution in [0.15, 0.2) is 0 Å². The third-order valence-electron chi connectivity index (χ3n) is 3.37. The Labute approximate surface area is 105 Å². The molecule has 0 saturated carbocycles. The van der Waals surface area contributed by atoms with Crippen LogP contribution in [-0.2, 0) is 4.79 Å². The van der Waals surface area contributed by atoms with E-state index in [0.29, 0.717) is 5.92 Å². The fourth-order valence-corrected chi connectivity index (χ4v) is 1.93. The first-order valence-corrected chi connectivity index (χ1v) is 5.90. The van der Waals surface area contributed by atoms with Gasteiger partial charge in [0.1, 0.15) is 0 Å². The van der Waals surface area contributed by atoms with E-state index in [4.69, 9.17) is 5.73 Å². The largest absolute Gasteiger partial charge is 0.341 e. The summed E-state index contributed by atoms with van der Waals surface area (Å²) in [6.07, 6.45) is 2.30. The van der Waals surface area contributed by atoms with Crippen LogP contribution in [0.25, 0.3) is 0 Å². The molecular weight excluding hydrogens is 224 g/mol. The summed E-state index contributed by atoms with van der Waals surface area (Å²) in [5.41, 5.74) is 5.83. The minimum atomic E-state index is -0.367. The van der Waals surface area contributed by atoms with Crippen molar-refractivity contribution in [1.29, 1.82) is 0 Å². The van der Waals surface area contributed by atoms with Crippen molar-refractivity contribution in [2.75, 3.05) is 13.1 Å². The van der Waals surface area contributed by atoms with Crippen LogP contribution in [0.2, 0.25) is 0 Å². The maximum absolute atomic E-state index is 12.1. The van der Waals surface area contributed by atoms with Gasteiger partial charge in [0, 0.05) is 13.1 Å². The van der Waals surface area contributed by atoms with Crippen molar-refractivity contribution >= 4 is 18.3 Å². The van der Waals surface area contributed by atoms with Crippen LogP contribution >= 0.6 is 12.4 Å². The van der Waals surface area contributed by atoms with Gasteiger partial charge in [0.2, 0.25) is 5.91 Å². The number of carbonyl (C=O) groups excluding carboxylic acids is 1. The molecule has 0 aromatic carbocycles. The molecule has 0 radical (unpaired) electrons. The van der Waals surface area contributed by atoms with E-state index in [1.807, 2.05) is 25.7 Å². The molecule has 0 aromatic heterocycles. The summed E-state index contributed by atoms with van der Waals surface area (Å²) in [6, 6.07) is -0.367. The van der Waals surface area contributed by atoms with Crippen molar-refractivity contribution in [1.82, 2.24) is 4.90 Å². The van der Waals surface area contributed by atoms with Crippen molar-refractivity contribution in [3.63, 3.8) is 0 Å². The lowest BCUT2D eigenvalue weighted by Crippen LogP contribution is -2.49. The highest BCUT2D eigenvalue weighted by Gasteiger charge is 2.34. The maximum atomic E-state index is 12.1. The van der Waals surface area contributed by atoms with E-state index >= 15 is 0 Å². The number of hydrogen-bond acceptors (Lipinski definition) is 2. The van der Waals surface area contributed by atoms with Crippen LogP contribution in [-0.4, -0.2) is 29.9 Å². The number of hydrogen-bond donors (Lipinski definition) is 1. The van der Waals surface area contributed by atoms with Crippen LogP contribution in [0, 0.1) is 11.3 Å². The second kappa shape index (κ2) is 5.87. The zero-order valence-corrected chi connectivity index (χ0v) is 11.6. The molecule has 1 amide bonds. The smallest absolute Gasteiger partial charge is 0.240 e. The van der Waals surface area contributed by atoms with Crippen LogP contribution < -0.4 is 5.73 Å². The molecule has 2 N–H and O–H groups in total. The van der Waals surface area contributed by atoms with E-state index in [-0.39, 0.29) is 29.8 Å². The Morgan fingerprint density at radius 2 is 2.06 bits per heavy atom. The van der Waals surface area contributed by atoms with E-state index in [2.05, 4.69) is 6.92 Å². The lowest BCUT2D eigenvalue weighted by atomic mass is 9.86. The Bertz CT molecular complexity index is 238. The fraction of sp³-hybridized carbons (Fsp3) is 0.917. The zero-order chi connectivity index (χ0) is 11.6. The summed E-state index contributed by atoms with van der Waals surface area (Å²) in [5.74, 6) is 0.805. The number of rotatable bonds is 2. The van der Waals surface area contributed by atoms with Gasteiger partial charge >= 0.3 is 0 Å². The quantitative estimate of drug-likeness (QED) is 0.813. The third-order valence-corrected chi connectivity index (χ3v) is 3.37. The summed E-state index contributed by atoms with van der Waals surface area (Å²) >= 11 is 0.